The van der Waals surface area contributed by atoms with Crippen LogP contribution in [0.1, 0.15) is 5.69 Å². The summed E-state index contributed by atoms with van der Waals surface area (Å²) in [6.07, 6.45) is 0. The zero-order chi connectivity index (χ0) is 16.5. The van der Waals surface area contributed by atoms with Crippen LogP contribution in [0, 0.1) is 5.82 Å². The quantitative estimate of drug-likeness (QED) is 0.574. The number of rotatable bonds is 4. The van der Waals surface area contributed by atoms with Gasteiger partial charge in [-0.25, -0.2) is 14.1 Å². The summed E-state index contributed by atoms with van der Waals surface area (Å²) in [5.74, 6) is 0.168. The van der Waals surface area contributed by atoms with E-state index in [9.17, 15) is 9.18 Å². The average molecular weight is 341 g/mol. The molecule has 0 fully saturated rings. The Labute approximate surface area is 140 Å². The zero-order valence-electron chi connectivity index (χ0n) is 12.4. The minimum Gasteiger partial charge on any atom is -0.431 e. The van der Waals surface area contributed by atoms with Crippen LogP contribution in [0.3, 0.4) is 0 Å². The van der Waals surface area contributed by atoms with Crippen molar-refractivity contribution in [2.45, 2.75) is 11.0 Å². The van der Waals surface area contributed by atoms with Crippen molar-refractivity contribution < 1.29 is 8.81 Å². The predicted octanol–water partition coefficient (Wildman–Crippen LogP) is 3.74. The molecule has 0 spiro atoms. The number of para-hydroxylation sites is 2. The van der Waals surface area contributed by atoms with E-state index in [1.807, 2.05) is 24.3 Å². The van der Waals surface area contributed by atoms with Gasteiger partial charge in [0.25, 0.3) is 10.8 Å². The molecular formula is C17H12FN3O2S. The molecule has 2 aromatic carbocycles. The summed E-state index contributed by atoms with van der Waals surface area (Å²) < 4.78 is 20.0. The summed E-state index contributed by atoms with van der Waals surface area (Å²) in [4.78, 5) is 16.4. The molecule has 0 aliphatic carbocycles. The molecule has 0 unspecified atom stereocenters. The molecule has 0 saturated carbocycles. The molecule has 0 saturated heterocycles. The van der Waals surface area contributed by atoms with Crippen LogP contribution in [0.5, 0.6) is 0 Å². The Hall–Kier alpha value is -2.80. The van der Waals surface area contributed by atoms with Crippen LogP contribution < -0.4 is 5.56 Å². The van der Waals surface area contributed by atoms with Crippen LogP contribution >= 0.6 is 11.8 Å². The van der Waals surface area contributed by atoms with Gasteiger partial charge in [-0.3, -0.25) is 9.89 Å². The molecule has 7 heteroatoms. The number of oxazole rings is 1. The summed E-state index contributed by atoms with van der Waals surface area (Å²) in [7, 11) is 0. The van der Waals surface area contributed by atoms with Crippen molar-refractivity contribution in [3.8, 4) is 5.69 Å². The van der Waals surface area contributed by atoms with Gasteiger partial charge in [-0.2, -0.15) is 0 Å². The number of nitrogens with one attached hydrogen (secondary N) is 1. The van der Waals surface area contributed by atoms with Crippen LogP contribution in [-0.4, -0.2) is 14.8 Å². The Balaban J connectivity index is 1.54. The third-order valence-corrected chi connectivity index (χ3v) is 4.36. The smallest absolute Gasteiger partial charge is 0.271 e. The minimum atomic E-state index is -0.343. The van der Waals surface area contributed by atoms with Crippen LogP contribution in [0.2, 0.25) is 0 Å². The highest BCUT2D eigenvalue weighted by Crippen LogP contribution is 2.25. The fourth-order valence-corrected chi connectivity index (χ4v) is 3.09. The number of nitrogens with zero attached hydrogens (tertiary/aromatic N) is 2. The Bertz CT molecular complexity index is 1020. The van der Waals surface area contributed by atoms with E-state index in [-0.39, 0.29) is 11.4 Å². The first-order valence-electron chi connectivity index (χ1n) is 7.24. The van der Waals surface area contributed by atoms with Gasteiger partial charge in [-0.05, 0) is 36.4 Å². The van der Waals surface area contributed by atoms with Gasteiger partial charge >= 0.3 is 0 Å². The fourth-order valence-electron chi connectivity index (χ4n) is 2.35. The fraction of sp³-hybridized carbons (Fsp3) is 0.0588. The maximum absolute atomic E-state index is 13.0. The molecule has 5 nitrogen and oxygen atoms in total. The lowest BCUT2D eigenvalue weighted by Crippen LogP contribution is -2.13. The first-order chi connectivity index (χ1) is 11.7. The molecule has 120 valence electrons. The van der Waals surface area contributed by atoms with Gasteiger partial charge in [0.2, 0.25) is 0 Å². The number of benzene rings is 2. The van der Waals surface area contributed by atoms with Gasteiger partial charge in [-0.1, -0.05) is 23.9 Å². The highest BCUT2D eigenvalue weighted by molar-refractivity contribution is 7.98. The summed E-state index contributed by atoms with van der Waals surface area (Å²) in [6, 6.07) is 14.8. The Morgan fingerprint density at radius 3 is 2.75 bits per heavy atom. The van der Waals surface area contributed by atoms with Crippen LogP contribution in [0.4, 0.5) is 4.39 Å². The van der Waals surface area contributed by atoms with Gasteiger partial charge in [0, 0.05) is 17.5 Å². The molecular weight excluding hydrogens is 329 g/mol. The van der Waals surface area contributed by atoms with Gasteiger partial charge in [0.05, 0.1) is 5.69 Å². The Kier molecular flexibility index (Phi) is 3.70. The van der Waals surface area contributed by atoms with E-state index < -0.39 is 0 Å². The standard InChI is InChI=1S/C17H12FN3O2S/c18-11-5-7-13(8-6-11)21-16(22)9-12(20-21)10-24-17-19-14-3-1-2-4-15(14)23-17/h1-9,20H,10H2. The Morgan fingerprint density at radius 1 is 1.17 bits per heavy atom. The largest absolute Gasteiger partial charge is 0.431 e. The molecule has 2 heterocycles. The number of aromatic nitrogens is 3. The van der Waals surface area contributed by atoms with E-state index in [2.05, 4.69) is 10.1 Å². The second kappa shape index (κ2) is 6.01. The van der Waals surface area contributed by atoms with Crippen molar-refractivity contribution in [2.75, 3.05) is 0 Å². The van der Waals surface area contributed by atoms with Crippen molar-refractivity contribution in [1.29, 1.82) is 0 Å². The second-order valence-electron chi connectivity index (χ2n) is 5.17. The molecule has 24 heavy (non-hydrogen) atoms. The summed E-state index contributed by atoms with van der Waals surface area (Å²) in [5, 5.41) is 3.56. The number of aromatic amines is 1. The molecule has 0 amide bonds. The molecule has 4 aromatic rings. The lowest BCUT2D eigenvalue weighted by atomic mass is 10.3. The number of H-pyrrole nitrogens is 1. The van der Waals surface area contributed by atoms with Crippen molar-refractivity contribution in [3.05, 3.63) is 76.5 Å². The summed E-state index contributed by atoms with van der Waals surface area (Å²) in [6.45, 7) is 0. The first kappa shape index (κ1) is 14.8. The van der Waals surface area contributed by atoms with Crippen LogP contribution in [0.25, 0.3) is 16.8 Å². The first-order valence-corrected chi connectivity index (χ1v) is 8.23. The average Bonchev–Trinajstić information content (AvgIpc) is 3.16. The van der Waals surface area contributed by atoms with Crippen molar-refractivity contribution >= 4 is 22.9 Å². The molecule has 0 atom stereocenters. The molecule has 0 bridgehead atoms. The maximum atomic E-state index is 13.0. The van der Waals surface area contributed by atoms with Crippen molar-refractivity contribution in [1.82, 2.24) is 14.8 Å². The number of halogens is 1. The normalized spacial score (nSPS) is 11.2. The maximum Gasteiger partial charge on any atom is 0.271 e. The number of hydrogen-bond donors (Lipinski definition) is 1. The van der Waals surface area contributed by atoms with E-state index in [1.54, 1.807) is 12.1 Å². The third kappa shape index (κ3) is 2.85. The van der Waals surface area contributed by atoms with E-state index >= 15 is 0 Å². The summed E-state index contributed by atoms with van der Waals surface area (Å²) >= 11 is 1.40. The number of hydrogen-bond acceptors (Lipinski definition) is 4. The van der Waals surface area contributed by atoms with Gasteiger partial charge < -0.3 is 4.42 Å². The van der Waals surface area contributed by atoms with E-state index in [0.29, 0.717) is 16.7 Å². The SMILES string of the molecule is O=c1cc(CSc2nc3ccccc3o2)[nH]n1-c1ccc(F)cc1. The third-order valence-electron chi connectivity index (χ3n) is 3.48. The molecule has 4 rings (SSSR count). The molecule has 0 radical (unpaired) electrons. The van der Waals surface area contributed by atoms with Gasteiger partial charge in [0.1, 0.15) is 11.3 Å². The summed E-state index contributed by atoms with van der Waals surface area (Å²) in [5.41, 5.74) is 2.65. The molecule has 1 N–H and O–H groups in total. The number of thioether (sulfide) groups is 1. The van der Waals surface area contributed by atoms with E-state index in [4.69, 9.17) is 4.42 Å². The predicted molar refractivity (Wildman–Crippen MR) is 89.9 cm³/mol. The molecule has 2 aromatic heterocycles. The lowest BCUT2D eigenvalue weighted by molar-refractivity contribution is 0.489. The monoisotopic (exact) mass is 341 g/mol. The van der Waals surface area contributed by atoms with Gasteiger partial charge in [-0.15, -0.1) is 0 Å². The lowest BCUT2D eigenvalue weighted by Gasteiger charge is -2.01. The Morgan fingerprint density at radius 2 is 1.96 bits per heavy atom. The number of fused-ring (bicyclic) bond motifs is 1. The van der Waals surface area contributed by atoms with Crippen molar-refractivity contribution in [3.63, 3.8) is 0 Å². The second-order valence-corrected chi connectivity index (χ2v) is 6.09. The topological polar surface area (TPSA) is 63.8 Å². The van der Waals surface area contributed by atoms with Crippen LogP contribution in [-0.2, 0) is 5.75 Å². The van der Waals surface area contributed by atoms with E-state index in [0.717, 1.165) is 16.8 Å². The molecule has 0 aliphatic heterocycles. The highest BCUT2D eigenvalue weighted by atomic mass is 32.2. The van der Waals surface area contributed by atoms with Crippen molar-refractivity contribution in [2.24, 2.45) is 0 Å². The van der Waals surface area contributed by atoms with E-state index in [1.165, 1.54) is 34.6 Å². The molecule has 0 aliphatic rings. The highest BCUT2D eigenvalue weighted by Gasteiger charge is 2.09. The van der Waals surface area contributed by atoms with Crippen LogP contribution in [0.15, 0.2) is 69.0 Å². The van der Waals surface area contributed by atoms with Gasteiger partial charge in [0.15, 0.2) is 5.58 Å². The zero-order valence-corrected chi connectivity index (χ0v) is 13.2. The minimum absolute atomic E-state index is 0.199.